The van der Waals surface area contributed by atoms with Gasteiger partial charge in [0, 0.05) is 77.9 Å². The van der Waals surface area contributed by atoms with Gasteiger partial charge in [-0.1, -0.05) is 410 Å². The summed E-state index contributed by atoms with van der Waals surface area (Å²) < 4.78 is 5.48. The van der Waals surface area contributed by atoms with E-state index in [9.17, 15) is 0 Å². The SMILES string of the molecule is CC(C)(C)c1ccc(-c2cc(C(C)(C)C)cc(-c3ccc(C(C)(C)C)cc3)c2N2c3cc(-n4c5cc(C(C)(C)C)c6cccc7c8cccc9c(C(C)(C)C)cc4c(c98)c5c67)ccc3B3c4ccc(-n5c6cc(C(C)(C)C)c7cccc8c9cccc%10c(C(C)(C)C)cc5c(c%109)c6c78)cc4N(c4c(-c5ccc(C(C)(C)C)cc5)cc(C(C)(C)C)cc4-c4ccc(C(C)(C)C)cc4)c4cc(C(C)(C)C)cc2c43)cc1. The minimum absolute atomic E-state index is 0.102. The fraction of sp³-hybridized carbons (Fsp3) is 0.319. The van der Waals surface area contributed by atoms with Gasteiger partial charge in [0.1, 0.15) is 0 Å². The monoisotopic (exact) mass is 1870 g/mol. The minimum atomic E-state index is -0.425. The average molecular weight is 1870 g/mol. The number of hydrogen-bond donors (Lipinski definition) is 0. The molecule has 0 spiro atoms. The first-order chi connectivity index (χ1) is 66.9. The van der Waals surface area contributed by atoms with Crippen LogP contribution in [0.25, 0.3) is 164 Å². The zero-order chi connectivity index (χ0) is 101. The van der Waals surface area contributed by atoms with Crippen LogP contribution in [-0.4, -0.2) is 15.8 Å². The first-order valence-electron chi connectivity index (χ1n) is 52.8. The van der Waals surface area contributed by atoms with E-state index in [1.807, 2.05) is 0 Å². The third-order valence-corrected chi connectivity index (χ3v) is 32.9. The molecule has 0 radical (unpaired) electrons. The topological polar surface area (TPSA) is 16.3 Å². The molecule has 0 amide bonds. The fourth-order valence-corrected chi connectivity index (χ4v) is 25.0. The van der Waals surface area contributed by atoms with Crippen molar-refractivity contribution in [3.05, 3.63) is 328 Å². The second kappa shape index (κ2) is 30.8. The van der Waals surface area contributed by atoms with Gasteiger partial charge < -0.3 is 18.9 Å². The third kappa shape index (κ3) is 14.5. The maximum Gasteiger partial charge on any atom is 0.252 e. The quantitative estimate of drug-likeness (QED) is 0.0856. The Morgan fingerprint density at radius 3 is 0.615 bits per heavy atom. The Morgan fingerprint density at radius 2 is 0.399 bits per heavy atom. The van der Waals surface area contributed by atoms with Crippen molar-refractivity contribution >= 4 is 165 Å². The zero-order valence-corrected chi connectivity index (χ0v) is 91.3. The van der Waals surface area contributed by atoms with Crippen molar-refractivity contribution in [1.29, 1.82) is 0 Å². The van der Waals surface area contributed by atoms with E-state index in [0.29, 0.717) is 0 Å². The lowest BCUT2D eigenvalue weighted by Gasteiger charge is -2.47. The molecule has 0 bridgehead atoms. The van der Waals surface area contributed by atoms with Crippen LogP contribution in [0.2, 0.25) is 0 Å². The van der Waals surface area contributed by atoms with E-state index in [-0.39, 0.29) is 60.9 Å². The lowest BCUT2D eigenvalue weighted by Crippen LogP contribution is -2.61. The highest BCUT2D eigenvalue weighted by atomic mass is 15.2. The van der Waals surface area contributed by atoms with Crippen molar-refractivity contribution in [3.8, 4) is 55.9 Å². The summed E-state index contributed by atoms with van der Waals surface area (Å²) in [5.41, 5.74) is 39.3. The second-order valence-corrected chi connectivity index (χ2v) is 54.3. The lowest BCUT2D eigenvalue weighted by atomic mass is 9.33. The summed E-state index contributed by atoms with van der Waals surface area (Å²) in [6, 6.07) is 110. The maximum atomic E-state index is 2.86. The van der Waals surface area contributed by atoms with Crippen LogP contribution in [0.3, 0.4) is 0 Å². The molecule has 2 aliphatic rings. The number of aromatic nitrogens is 2. The number of fused-ring (bicyclic) bond motifs is 6. The normalized spacial score (nSPS) is 14.1. The van der Waals surface area contributed by atoms with Crippen LogP contribution in [0.5, 0.6) is 0 Å². The molecule has 0 fully saturated rings. The molecule has 2 aromatic heterocycles. The van der Waals surface area contributed by atoms with Gasteiger partial charge >= 0.3 is 0 Å². The Balaban J connectivity index is 0.938. The Kier molecular flexibility index (Phi) is 20.2. The largest absolute Gasteiger partial charge is 0.310 e. The molecule has 0 saturated carbocycles. The zero-order valence-electron chi connectivity index (χ0n) is 91.3. The van der Waals surface area contributed by atoms with Crippen LogP contribution in [0.4, 0.5) is 34.1 Å². The minimum Gasteiger partial charge on any atom is -0.310 e. The fourth-order valence-electron chi connectivity index (χ4n) is 25.0. The molecule has 19 aromatic carbocycles. The average Bonchev–Trinajstić information content (AvgIpc) is 1.59. The highest BCUT2D eigenvalue weighted by molar-refractivity contribution is 7.00. The van der Waals surface area contributed by atoms with Crippen LogP contribution in [0.1, 0.15) is 290 Å². The Labute approximate surface area is 850 Å². The van der Waals surface area contributed by atoms with Crippen molar-refractivity contribution in [3.63, 3.8) is 0 Å². The van der Waals surface area contributed by atoms with Gasteiger partial charge in [0.05, 0.1) is 33.4 Å². The Bertz CT molecular complexity index is 7920. The van der Waals surface area contributed by atoms with Gasteiger partial charge in [-0.2, -0.15) is 0 Å². The molecule has 0 saturated heterocycles. The molecule has 2 aliphatic heterocycles. The number of rotatable bonds is 8. The second-order valence-electron chi connectivity index (χ2n) is 54.3. The Hall–Kier alpha value is -13.0. The molecule has 4 heterocycles. The van der Waals surface area contributed by atoms with E-state index in [1.54, 1.807) is 0 Å². The summed E-state index contributed by atoms with van der Waals surface area (Å²) in [5.74, 6) is 0. The van der Waals surface area contributed by atoms with E-state index >= 15 is 0 Å². The van der Waals surface area contributed by atoms with Gasteiger partial charge in [-0.25, -0.2) is 0 Å². The van der Waals surface area contributed by atoms with Gasteiger partial charge in [-0.3, -0.25) is 0 Å². The summed E-state index contributed by atoms with van der Waals surface area (Å²) in [7, 11) is 0. The van der Waals surface area contributed by atoms with Gasteiger partial charge in [0.25, 0.3) is 6.71 Å². The van der Waals surface area contributed by atoms with Gasteiger partial charge in [0.15, 0.2) is 0 Å². The van der Waals surface area contributed by atoms with Crippen LogP contribution >= 0.6 is 0 Å². The standard InChI is InChI=1S/C138H143BN4/c1-128(2,3)82-54-46-78(47-55-82)99-66-86(132(13,14)15)67-100(79-48-56-83(57-49-79)129(4,5)6)126(99)142-109-72-89(140-111-74-103(135(22,23)24)95-42-34-38-91-92-39-35-43-96-104(136(25,26)27)75-112(140)122(118(92)96)121(111)117(91)95)62-64-107(109)139-108-65-63-90(141-113-76-105(137(28,29)30)97-44-36-40-93-94-41-37-45-98-106(138(31,32)33)77-114(141)124(120(94)98)123(113)119(93)97)73-110(108)143(116-71-88(134(19,20)21)70-115(142)125(116)139)127-101(80-50-58-84(59-51-80)130(7,8)9)68-87(133(16,17)18)69-102(127)81-52-60-85(61-53-81)131(10,11)12/h34-77H,1-33H3. The predicted octanol–water partition coefficient (Wildman–Crippen LogP) is 37.6. The maximum absolute atomic E-state index is 2.86. The highest BCUT2D eigenvalue weighted by Gasteiger charge is 2.48. The van der Waals surface area contributed by atoms with Crippen molar-refractivity contribution in [2.24, 2.45) is 0 Å². The van der Waals surface area contributed by atoms with E-state index in [1.165, 1.54) is 230 Å². The molecule has 5 heteroatoms. The van der Waals surface area contributed by atoms with Crippen molar-refractivity contribution in [2.45, 2.75) is 288 Å². The van der Waals surface area contributed by atoms with E-state index < -0.39 is 5.41 Å². The van der Waals surface area contributed by atoms with Crippen LogP contribution < -0.4 is 26.2 Å². The summed E-state index contributed by atoms with van der Waals surface area (Å²) in [5, 5.41) is 21.3. The molecule has 23 rings (SSSR count). The van der Waals surface area contributed by atoms with Crippen molar-refractivity contribution in [1.82, 2.24) is 9.13 Å². The van der Waals surface area contributed by atoms with E-state index in [2.05, 4.69) is 514 Å². The number of anilines is 6. The van der Waals surface area contributed by atoms with Crippen LogP contribution in [0, 0.1) is 0 Å². The molecular formula is C138H143BN4. The molecule has 143 heavy (non-hydrogen) atoms. The molecule has 718 valence electrons. The predicted molar refractivity (Wildman–Crippen MR) is 626 cm³/mol. The summed E-state index contributed by atoms with van der Waals surface area (Å²) in [4.78, 5) is 5.72. The summed E-state index contributed by atoms with van der Waals surface area (Å²) in [6.45, 7) is 78.9. The highest BCUT2D eigenvalue weighted by Crippen LogP contribution is 2.60. The van der Waals surface area contributed by atoms with E-state index in [0.717, 1.165) is 45.5 Å². The summed E-state index contributed by atoms with van der Waals surface area (Å²) in [6.07, 6.45) is 0. The first kappa shape index (κ1) is 93.7. The molecule has 21 aromatic rings. The molecule has 0 unspecified atom stereocenters. The van der Waals surface area contributed by atoms with Crippen molar-refractivity contribution in [2.75, 3.05) is 9.80 Å². The molecule has 0 N–H and O–H groups in total. The van der Waals surface area contributed by atoms with Crippen LogP contribution in [-0.2, 0) is 59.6 Å². The summed E-state index contributed by atoms with van der Waals surface area (Å²) >= 11 is 0. The van der Waals surface area contributed by atoms with Crippen LogP contribution in [0.15, 0.2) is 267 Å². The number of hydrogen-bond acceptors (Lipinski definition) is 2. The van der Waals surface area contributed by atoms with E-state index in [4.69, 9.17) is 0 Å². The molecule has 0 aliphatic carbocycles. The van der Waals surface area contributed by atoms with Gasteiger partial charge in [-0.15, -0.1) is 0 Å². The number of nitrogens with zero attached hydrogens (tertiary/aromatic N) is 4. The third-order valence-electron chi connectivity index (χ3n) is 32.9. The first-order valence-corrected chi connectivity index (χ1v) is 52.8. The van der Waals surface area contributed by atoms with Gasteiger partial charge in [-0.05, 0) is 309 Å². The number of benzene rings is 19. The molecule has 4 nitrogen and oxygen atoms in total. The molecular weight excluding hydrogens is 1720 g/mol. The molecule has 0 atom stereocenters. The smallest absolute Gasteiger partial charge is 0.252 e. The Morgan fingerprint density at radius 1 is 0.182 bits per heavy atom. The lowest BCUT2D eigenvalue weighted by molar-refractivity contribution is 0.589. The van der Waals surface area contributed by atoms with Gasteiger partial charge in [0.2, 0.25) is 0 Å². The van der Waals surface area contributed by atoms with Crippen molar-refractivity contribution < 1.29 is 0 Å².